The predicted molar refractivity (Wildman–Crippen MR) is 162 cm³/mol. The highest BCUT2D eigenvalue weighted by molar-refractivity contribution is 5.98. The van der Waals surface area contributed by atoms with E-state index >= 15 is 0 Å². The Kier molecular flexibility index (Phi) is 7.58. The minimum atomic E-state index is -1.47. The van der Waals surface area contributed by atoms with Crippen LogP contribution >= 0.6 is 0 Å². The van der Waals surface area contributed by atoms with E-state index in [9.17, 15) is 24.6 Å². The van der Waals surface area contributed by atoms with Gasteiger partial charge in [-0.3, -0.25) is 9.36 Å². The number of nitrogens with two attached hydrogens (primary N) is 1. The Balaban J connectivity index is 2.12. The highest BCUT2D eigenvalue weighted by Gasteiger charge is 2.33. The second-order valence-corrected chi connectivity index (χ2v) is 12.1. The van der Waals surface area contributed by atoms with E-state index in [0.29, 0.717) is 22.4 Å². The lowest BCUT2D eigenvalue weighted by atomic mass is 9.79. The van der Waals surface area contributed by atoms with Crippen LogP contribution in [0.5, 0.6) is 5.75 Å². The van der Waals surface area contributed by atoms with Crippen molar-refractivity contribution in [2.24, 2.45) is 0 Å². The fourth-order valence-electron chi connectivity index (χ4n) is 4.82. The molecule has 0 saturated heterocycles. The number of carbonyl (C=O) groups is 1. The van der Waals surface area contributed by atoms with Crippen molar-refractivity contribution in [3.05, 3.63) is 110 Å². The van der Waals surface area contributed by atoms with Gasteiger partial charge in [0.1, 0.15) is 11.6 Å². The first-order valence-electron chi connectivity index (χ1n) is 13.3. The molecule has 0 fully saturated rings. The van der Waals surface area contributed by atoms with E-state index in [1.54, 1.807) is 66.7 Å². The molecule has 0 radical (unpaired) electrons. The summed E-state index contributed by atoms with van der Waals surface area (Å²) in [5.41, 5.74) is 5.65. The summed E-state index contributed by atoms with van der Waals surface area (Å²) in [6.07, 6.45) is -1.47. The van der Waals surface area contributed by atoms with Crippen LogP contribution in [0.1, 0.15) is 58.2 Å². The van der Waals surface area contributed by atoms with E-state index in [-0.39, 0.29) is 29.5 Å². The molecule has 0 aliphatic carbocycles. The zero-order valence-corrected chi connectivity index (χ0v) is 24.2. The normalized spacial score (nSPS) is 11.9. The molecule has 1 amide bonds. The minimum absolute atomic E-state index is 0.0582. The summed E-state index contributed by atoms with van der Waals surface area (Å²) in [6.45, 7) is 11.3. The van der Waals surface area contributed by atoms with Crippen LogP contribution in [0, 0.1) is 0 Å². The number of aromatic nitrogens is 2. The number of nitrogens with zero attached hydrogens (tertiary/aromatic N) is 3. The third kappa shape index (κ3) is 5.61. The molecule has 0 saturated carbocycles. The van der Waals surface area contributed by atoms with E-state index in [1.807, 2.05) is 47.6 Å². The molecule has 0 unspecified atom stereocenters. The number of nitrogen functional groups attached to an aromatic ring is 1. The summed E-state index contributed by atoms with van der Waals surface area (Å²) in [5.74, 6) is -0.261. The highest BCUT2D eigenvalue weighted by Crippen LogP contribution is 2.43. The molecular weight excluding hydrogens is 520 g/mol. The molecule has 0 aliphatic heterocycles. The molecule has 0 atom stereocenters. The number of rotatable bonds is 5. The molecule has 4 N–H and O–H groups in total. The molecule has 0 aliphatic rings. The maximum Gasteiger partial charge on any atom is 0.416 e. The number of hydrogen-bond donors (Lipinski definition) is 3. The molecular formula is C32H36N4O5. The van der Waals surface area contributed by atoms with Crippen LogP contribution in [-0.2, 0) is 17.4 Å². The fraction of sp³-hybridized carbons (Fsp3) is 0.281. The first kappa shape index (κ1) is 29.2. The SMILES string of the molecule is CC(C)(C)c1cc(N(C(=O)O)c2c(N)n(-c3ccccc3)c(=O)n(Cc3ccccc3)c2=O)cc(C(C)(C)C)c1O. The van der Waals surface area contributed by atoms with E-state index in [1.165, 1.54) is 0 Å². The Morgan fingerprint density at radius 2 is 1.34 bits per heavy atom. The number of benzene rings is 3. The molecule has 41 heavy (non-hydrogen) atoms. The summed E-state index contributed by atoms with van der Waals surface area (Å²) in [6, 6.07) is 20.6. The van der Waals surface area contributed by atoms with Gasteiger partial charge in [0.05, 0.1) is 17.9 Å². The Hall–Kier alpha value is -4.79. The lowest BCUT2D eigenvalue weighted by Gasteiger charge is -2.30. The zero-order valence-electron chi connectivity index (χ0n) is 24.2. The van der Waals surface area contributed by atoms with E-state index in [0.717, 1.165) is 14.0 Å². The molecule has 4 rings (SSSR count). The zero-order chi connectivity index (χ0) is 30.3. The number of phenols is 1. The van der Waals surface area contributed by atoms with Gasteiger partial charge in [0, 0.05) is 11.1 Å². The van der Waals surface area contributed by atoms with Crippen molar-refractivity contribution in [1.29, 1.82) is 0 Å². The van der Waals surface area contributed by atoms with Gasteiger partial charge in [-0.2, -0.15) is 0 Å². The summed E-state index contributed by atoms with van der Waals surface area (Å²) in [4.78, 5) is 41.6. The van der Waals surface area contributed by atoms with Crippen molar-refractivity contribution in [2.75, 3.05) is 10.6 Å². The minimum Gasteiger partial charge on any atom is -0.507 e. The monoisotopic (exact) mass is 556 g/mol. The number of carboxylic acid groups (broad SMARTS) is 1. The average molecular weight is 557 g/mol. The average Bonchev–Trinajstić information content (AvgIpc) is 2.89. The third-order valence-electron chi connectivity index (χ3n) is 6.94. The van der Waals surface area contributed by atoms with Gasteiger partial charge in [0.2, 0.25) is 0 Å². The van der Waals surface area contributed by atoms with E-state index < -0.39 is 28.2 Å². The fourth-order valence-corrected chi connectivity index (χ4v) is 4.82. The standard InChI is InChI=1S/C32H36N4O5/c1-31(2,3)23-17-22(18-24(26(23)37)32(4,5)6)35(30(40)41)25-27(33)36(21-15-11-8-12-16-21)29(39)34(28(25)38)19-20-13-9-7-10-14-20/h7-18,37H,19,33H2,1-6H3,(H,40,41). The quantitative estimate of drug-likeness (QED) is 0.287. The van der Waals surface area contributed by atoms with Crippen LogP contribution in [0.3, 0.4) is 0 Å². The van der Waals surface area contributed by atoms with Crippen molar-refractivity contribution in [1.82, 2.24) is 9.13 Å². The number of amides is 1. The van der Waals surface area contributed by atoms with Crippen LogP contribution in [0.15, 0.2) is 82.4 Å². The van der Waals surface area contributed by atoms with Gasteiger partial charge in [-0.15, -0.1) is 0 Å². The Morgan fingerprint density at radius 3 is 1.80 bits per heavy atom. The van der Waals surface area contributed by atoms with Crippen LogP contribution in [0.2, 0.25) is 0 Å². The number of anilines is 3. The van der Waals surface area contributed by atoms with Crippen molar-refractivity contribution < 1.29 is 15.0 Å². The van der Waals surface area contributed by atoms with Gasteiger partial charge in [-0.05, 0) is 40.7 Å². The van der Waals surface area contributed by atoms with Gasteiger partial charge in [-0.1, -0.05) is 90.1 Å². The van der Waals surface area contributed by atoms with Gasteiger partial charge in [0.25, 0.3) is 5.56 Å². The number of aromatic hydroxyl groups is 1. The lowest BCUT2D eigenvalue weighted by molar-refractivity contribution is 0.204. The van der Waals surface area contributed by atoms with Crippen LogP contribution < -0.4 is 21.9 Å². The molecule has 9 heteroatoms. The predicted octanol–water partition coefficient (Wildman–Crippen LogP) is 5.75. The van der Waals surface area contributed by atoms with Crippen LogP contribution in [0.4, 0.5) is 22.0 Å². The van der Waals surface area contributed by atoms with E-state index in [2.05, 4.69) is 0 Å². The Morgan fingerprint density at radius 1 is 0.854 bits per heavy atom. The topological polar surface area (TPSA) is 131 Å². The molecule has 0 spiro atoms. The first-order valence-corrected chi connectivity index (χ1v) is 13.3. The number of hydrogen-bond acceptors (Lipinski definition) is 5. The molecule has 0 bridgehead atoms. The maximum absolute atomic E-state index is 14.1. The Labute approximate surface area is 238 Å². The van der Waals surface area contributed by atoms with Gasteiger partial charge >= 0.3 is 11.8 Å². The summed E-state index contributed by atoms with van der Waals surface area (Å²) >= 11 is 0. The molecule has 3 aromatic carbocycles. The Bertz CT molecular complexity index is 1680. The number of para-hydroxylation sites is 1. The van der Waals surface area contributed by atoms with Crippen molar-refractivity contribution in [2.45, 2.75) is 58.9 Å². The van der Waals surface area contributed by atoms with Crippen molar-refractivity contribution in [3.8, 4) is 11.4 Å². The van der Waals surface area contributed by atoms with E-state index in [4.69, 9.17) is 5.73 Å². The van der Waals surface area contributed by atoms with Gasteiger partial charge in [0.15, 0.2) is 5.69 Å². The van der Waals surface area contributed by atoms with Crippen molar-refractivity contribution >= 4 is 23.3 Å². The molecule has 4 aromatic rings. The third-order valence-corrected chi connectivity index (χ3v) is 6.94. The first-order chi connectivity index (χ1) is 19.1. The second-order valence-electron chi connectivity index (χ2n) is 12.1. The second kappa shape index (κ2) is 10.6. The van der Waals surface area contributed by atoms with Gasteiger partial charge < -0.3 is 15.9 Å². The van der Waals surface area contributed by atoms with Gasteiger partial charge in [-0.25, -0.2) is 19.1 Å². The molecule has 1 aromatic heterocycles. The van der Waals surface area contributed by atoms with Crippen LogP contribution in [0.25, 0.3) is 5.69 Å². The number of phenolic OH excluding ortho intramolecular Hbond substituents is 1. The molecule has 214 valence electrons. The highest BCUT2D eigenvalue weighted by atomic mass is 16.4. The molecule has 9 nitrogen and oxygen atoms in total. The lowest BCUT2D eigenvalue weighted by Crippen LogP contribution is -2.44. The van der Waals surface area contributed by atoms with Crippen molar-refractivity contribution in [3.63, 3.8) is 0 Å². The smallest absolute Gasteiger partial charge is 0.416 e. The largest absolute Gasteiger partial charge is 0.507 e. The van der Waals surface area contributed by atoms with Crippen LogP contribution in [-0.4, -0.2) is 25.4 Å². The maximum atomic E-state index is 14.1. The molecule has 1 heterocycles. The summed E-state index contributed by atoms with van der Waals surface area (Å²) < 4.78 is 2.13. The summed E-state index contributed by atoms with van der Waals surface area (Å²) in [7, 11) is 0. The summed E-state index contributed by atoms with van der Waals surface area (Å²) in [5, 5.41) is 21.8.